The quantitative estimate of drug-likeness (QED) is 0.494. The van der Waals surface area contributed by atoms with Crippen LogP contribution in [-0.4, -0.2) is 63.7 Å². The fourth-order valence-corrected chi connectivity index (χ4v) is 3.62. The number of anilines is 2. The van der Waals surface area contributed by atoms with E-state index in [-0.39, 0.29) is 17.9 Å². The molecule has 2 aromatic carbocycles. The van der Waals surface area contributed by atoms with Crippen LogP contribution in [-0.2, 0) is 6.54 Å². The molecule has 0 aliphatic heterocycles. The lowest BCUT2D eigenvalue weighted by Crippen LogP contribution is -2.23. The minimum Gasteiger partial charge on any atom is -0.493 e. The van der Waals surface area contributed by atoms with Crippen molar-refractivity contribution in [3.63, 3.8) is 0 Å². The topological polar surface area (TPSA) is 100 Å². The Morgan fingerprint density at radius 1 is 1.03 bits per heavy atom. The summed E-state index contributed by atoms with van der Waals surface area (Å²) in [5.41, 5.74) is 2.24. The first-order chi connectivity index (χ1) is 15.4. The van der Waals surface area contributed by atoms with E-state index < -0.39 is 0 Å². The van der Waals surface area contributed by atoms with Gasteiger partial charge in [-0.2, -0.15) is 0 Å². The number of nitrogens with zero attached hydrogens (tertiary/aromatic N) is 3. The van der Waals surface area contributed by atoms with Crippen LogP contribution in [0.4, 0.5) is 11.6 Å². The Kier molecular flexibility index (Phi) is 7.42. The number of hydrogen-bond acceptors (Lipinski definition) is 8. The van der Waals surface area contributed by atoms with Crippen molar-refractivity contribution >= 4 is 22.5 Å². The molecule has 172 valence electrons. The van der Waals surface area contributed by atoms with Crippen LogP contribution in [0, 0.1) is 0 Å². The van der Waals surface area contributed by atoms with Gasteiger partial charge in [0.15, 0.2) is 11.5 Å². The number of aliphatic hydroxyl groups excluding tert-OH is 1. The lowest BCUT2D eigenvalue weighted by Gasteiger charge is -2.22. The van der Waals surface area contributed by atoms with E-state index in [2.05, 4.69) is 20.9 Å². The van der Waals surface area contributed by atoms with Gasteiger partial charge in [0.05, 0.1) is 26.8 Å². The molecule has 0 fully saturated rings. The fourth-order valence-electron chi connectivity index (χ4n) is 3.62. The average molecular weight is 443 g/mol. The Morgan fingerprint density at radius 3 is 2.44 bits per heavy atom. The fraction of sp³-hybridized carbons (Fsp3) is 0.391. The summed E-state index contributed by atoms with van der Waals surface area (Å²) in [5.74, 6) is 1.49. The molecule has 0 bridgehead atoms. The Balaban J connectivity index is 1.94. The molecule has 0 atom stereocenters. The summed E-state index contributed by atoms with van der Waals surface area (Å²) in [6, 6.07) is 9.80. The minimum atomic E-state index is -0.327. The predicted molar refractivity (Wildman–Crippen MR) is 126 cm³/mol. The first-order valence-corrected chi connectivity index (χ1v) is 10.3. The summed E-state index contributed by atoms with van der Waals surface area (Å²) in [6.07, 6.45) is 0.709. The molecule has 0 aliphatic rings. The highest BCUT2D eigenvalue weighted by Gasteiger charge is 2.20. The third-order valence-electron chi connectivity index (χ3n) is 5.27. The Bertz CT molecular complexity index is 1130. The van der Waals surface area contributed by atoms with Gasteiger partial charge >= 0.3 is 0 Å². The number of ether oxygens (including phenoxy) is 3. The van der Waals surface area contributed by atoms with Gasteiger partial charge in [-0.05, 0) is 24.1 Å². The number of rotatable bonds is 10. The van der Waals surface area contributed by atoms with Gasteiger partial charge < -0.3 is 29.1 Å². The van der Waals surface area contributed by atoms with Gasteiger partial charge in [-0.25, -0.2) is 4.98 Å². The SMILES string of the molecule is COc1cc2nc(N(C)Cc3cccc(N(C)CCCO)c3)[nH]c(=O)c2c(OC)c1OC. The molecule has 3 aromatic rings. The molecule has 2 N–H and O–H groups in total. The van der Waals surface area contributed by atoms with Gasteiger partial charge in [0.1, 0.15) is 5.39 Å². The summed E-state index contributed by atoms with van der Waals surface area (Å²) in [7, 11) is 8.35. The van der Waals surface area contributed by atoms with Crippen molar-refractivity contribution in [2.75, 3.05) is 58.4 Å². The largest absolute Gasteiger partial charge is 0.493 e. The van der Waals surface area contributed by atoms with Crippen LogP contribution >= 0.6 is 0 Å². The van der Waals surface area contributed by atoms with Crippen LogP contribution in [0.5, 0.6) is 17.2 Å². The summed E-state index contributed by atoms with van der Waals surface area (Å²) in [4.78, 5) is 24.4. The maximum absolute atomic E-state index is 12.9. The highest BCUT2D eigenvalue weighted by molar-refractivity contribution is 5.90. The molecule has 9 heteroatoms. The third-order valence-corrected chi connectivity index (χ3v) is 5.27. The van der Waals surface area contributed by atoms with Crippen molar-refractivity contribution in [1.82, 2.24) is 9.97 Å². The monoisotopic (exact) mass is 442 g/mol. The van der Waals surface area contributed by atoms with Crippen molar-refractivity contribution in [2.45, 2.75) is 13.0 Å². The number of fused-ring (bicyclic) bond motifs is 1. The standard InChI is InChI=1S/C23H30N4O5/c1-26(10-7-11-28)16-9-6-8-15(12-16)14-27(2)23-24-17-13-18(30-3)20(31-4)21(32-5)19(17)22(29)25-23/h6,8-9,12-13,28H,7,10-11,14H2,1-5H3,(H,24,25,29). The maximum Gasteiger partial charge on any atom is 0.264 e. The number of nitrogens with one attached hydrogen (secondary N) is 1. The Morgan fingerprint density at radius 2 is 1.78 bits per heavy atom. The number of benzene rings is 2. The molecule has 0 saturated carbocycles. The van der Waals surface area contributed by atoms with Gasteiger partial charge in [-0.1, -0.05) is 12.1 Å². The van der Waals surface area contributed by atoms with Crippen molar-refractivity contribution in [3.8, 4) is 17.2 Å². The minimum absolute atomic E-state index is 0.162. The third kappa shape index (κ3) is 4.72. The van der Waals surface area contributed by atoms with Crippen LogP contribution in [0.15, 0.2) is 35.1 Å². The first kappa shape index (κ1) is 23.2. The molecule has 1 aromatic heterocycles. The first-order valence-electron chi connectivity index (χ1n) is 10.3. The average Bonchev–Trinajstić information content (AvgIpc) is 2.80. The molecular formula is C23H30N4O5. The number of methoxy groups -OCH3 is 3. The lowest BCUT2D eigenvalue weighted by atomic mass is 10.1. The van der Waals surface area contributed by atoms with E-state index in [9.17, 15) is 4.79 Å². The zero-order chi connectivity index (χ0) is 23.3. The number of aromatic amines is 1. The summed E-state index contributed by atoms with van der Waals surface area (Å²) in [5, 5.41) is 9.36. The zero-order valence-electron chi connectivity index (χ0n) is 19.1. The number of hydrogen-bond donors (Lipinski definition) is 2. The van der Waals surface area contributed by atoms with Gasteiger partial charge in [0, 0.05) is 45.5 Å². The van der Waals surface area contributed by atoms with E-state index in [0.717, 1.165) is 17.8 Å². The molecule has 0 aliphatic carbocycles. The van der Waals surface area contributed by atoms with Gasteiger partial charge in [-0.3, -0.25) is 9.78 Å². The van der Waals surface area contributed by atoms with E-state index in [1.54, 1.807) is 6.07 Å². The second kappa shape index (κ2) is 10.2. The number of H-pyrrole nitrogens is 1. The second-order valence-corrected chi connectivity index (χ2v) is 7.45. The number of aliphatic hydroxyl groups is 1. The van der Waals surface area contributed by atoms with Crippen molar-refractivity contribution in [3.05, 3.63) is 46.2 Å². The normalized spacial score (nSPS) is 10.8. The van der Waals surface area contributed by atoms with Gasteiger partial charge in [-0.15, -0.1) is 0 Å². The Hall–Kier alpha value is -3.46. The highest BCUT2D eigenvalue weighted by Crippen LogP contribution is 2.41. The molecule has 3 rings (SSSR count). The predicted octanol–water partition coefficient (Wildman–Crippen LogP) is 2.40. The summed E-state index contributed by atoms with van der Waals surface area (Å²) >= 11 is 0. The van der Waals surface area contributed by atoms with Crippen LogP contribution in [0.3, 0.4) is 0 Å². The van der Waals surface area contributed by atoms with Crippen LogP contribution in [0.1, 0.15) is 12.0 Å². The summed E-state index contributed by atoms with van der Waals surface area (Å²) in [6.45, 7) is 1.47. The van der Waals surface area contributed by atoms with E-state index in [1.165, 1.54) is 21.3 Å². The molecule has 0 unspecified atom stereocenters. The maximum atomic E-state index is 12.9. The molecule has 32 heavy (non-hydrogen) atoms. The molecule has 0 spiro atoms. The van der Waals surface area contributed by atoms with Crippen LogP contribution in [0.25, 0.3) is 10.9 Å². The van der Waals surface area contributed by atoms with Crippen molar-refractivity contribution < 1.29 is 19.3 Å². The smallest absolute Gasteiger partial charge is 0.264 e. The molecular weight excluding hydrogens is 412 g/mol. The summed E-state index contributed by atoms with van der Waals surface area (Å²) < 4.78 is 16.2. The molecule has 0 amide bonds. The van der Waals surface area contributed by atoms with Crippen molar-refractivity contribution in [1.29, 1.82) is 0 Å². The molecule has 0 saturated heterocycles. The van der Waals surface area contributed by atoms with E-state index in [4.69, 9.17) is 19.3 Å². The second-order valence-electron chi connectivity index (χ2n) is 7.45. The highest BCUT2D eigenvalue weighted by atomic mass is 16.5. The van der Waals surface area contributed by atoms with E-state index in [1.807, 2.05) is 37.2 Å². The molecule has 0 radical (unpaired) electrons. The van der Waals surface area contributed by atoms with Gasteiger partial charge in [0.25, 0.3) is 5.56 Å². The van der Waals surface area contributed by atoms with Crippen LogP contribution < -0.4 is 29.6 Å². The van der Waals surface area contributed by atoms with Gasteiger partial charge in [0.2, 0.25) is 11.7 Å². The molecule has 9 nitrogen and oxygen atoms in total. The number of aromatic nitrogens is 2. The van der Waals surface area contributed by atoms with E-state index >= 15 is 0 Å². The molecule has 1 heterocycles. The van der Waals surface area contributed by atoms with Crippen molar-refractivity contribution in [2.24, 2.45) is 0 Å². The van der Waals surface area contributed by atoms with Crippen LogP contribution in [0.2, 0.25) is 0 Å². The lowest BCUT2D eigenvalue weighted by molar-refractivity contribution is 0.290. The zero-order valence-corrected chi connectivity index (χ0v) is 19.1. The Labute approximate surface area is 187 Å². The van der Waals surface area contributed by atoms with E-state index in [0.29, 0.717) is 41.3 Å².